The molecule has 0 radical (unpaired) electrons. The van der Waals surface area contributed by atoms with Crippen molar-refractivity contribution in [1.82, 2.24) is 5.32 Å². The smallest absolute Gasteiger partial charge is 0.220 e. The summed E-state index contributed by atoms with van der Waals surface area (Å²) in [6.07, 6.45) is 0.475. The summed E-state index contributed by atoms with van der Waals surface area (Å²) >= 11 is 0. The Labute approximate surface area is 82.1 Å². The van der Waals surface area contributed by atoms with Crippen molar-refractivity contribution in [3.05, 3.63) is 35.1 Å². The maximum atomic E-state index is 13.2. The molecule has 14 heavy (non-hydrogen) atoms. The fourth-order valence-corrected chi connectivity index (χ4v) is 1.70. The molecule has 1 fully saturated rings. The van der Waals surface area contributed by atoms with Gasteiger partial charge in [0.15, 0.2) is 0 Å². The maximum Gasteiger partial charge on any atom is 0.220 e. The first kappa shape index (κ1) is 9.19. The second kappa shape index (κ2) is 3.40. The number of nitrogens with one attached hydrogen (secondary N) is 1. The Morgan fingerprint density at radius 1 is 1.50 bits per heavy atom. The third-order valence-electron chi connectivity index (χ3n) is 2.64. The third kappa shape index (κ3) is 1.62. The van der Waals surface area contributed by atoms with Crippen molar-refractivity contribution in [2.45, 2.75) is 19.3 Å². The summed E-state index contributed by atoms with van der Waals surface area (Å²) in [7, 11) is 0. The largest absolute Gasteiger partial charge is 0.355 e. The lowest BCUT2D eigenvalue weighted by atomic mass is 9.97. The van der Waals surface area contributed by atoms with Crippen LogP contribution in [-0.4, -0.2) is 12.5 Å². The van der Waals surface area contributed by atoms with Crippen LogP contribution in [-0.2, 0) is 4.79 Å². The van der Waals surface area contributed by atoms with Crippen molar-refractivity contribution in [2.75, 3.05) is 6.54 Å². The molecule has 74 valence electrons. The van der Waals surface area contributed by atoms with E-state index >= 15 is 0 Å². The van der Waals surface area contributed by atoms with E-state index in [2.05, 4.69) is 5.32 Å². The van der Waals surface area contributed by atoms with Crippen LogP contribution in [0, 0.1) is 12.7 Å². The van der Waals surface area contributed by atoms with Crippen molar-refractivity contribution in [3.8, 4) is 0 Å². The summed E-state index contributed by atoms with van der Waals surface area (Å²) in [4.78, 5) is 11.0. The van der Waals surface area contributed by atoms with Gasteiger partial charge >= 0.3 is 0 Å². The predicted octanol–water partition coefficient (Wildman–Crippen LogP) is 1.74. The van der Waals surface area contributed by atoms with Gasteiger partial charge in [0.25, 0.3) is 0 Å². The zero-order valence-corrected chi connectivity index (χ0v) is 8.01. The third-order valence-corrected chi connectivity index (χ3v) is 2.64. The van der Waals surface area contributed by atoms with E-state index in [4.69, 9.17) is 0 Å². The van der Waals surface area contributed by atoms with Crippen LogP contribution in [0.2, 0.25) is 0 Å². The van der Waals surface area contributed by atoms with E-state index in [0.717, 1.165) is 5.56 Å². The number of aryl methyl sites for hydroxylation is 1. The molecule has 1 aliphatic heterocycles. The number of halogens is 1. The van der Waals surface area contributed by atoms with E-state index in [1.165, 1.54) is 6.07 Å². The number of carbonyl (C=O) groups excluding carboxylic acids is 1. The molecule has 0 saturated carbocycles. The van der Waals surface area contributed by atoms with Gasteiger partial charge in [-0.3, -0.25) is 4.79 Å². The van der Waals surface area contributed by atoms with Gasteiger partial charge in [-0.15, -0.1) is 0 Å². The average Bonchev–Trinajstić information content (AvgIpc) is 2.57. The predicted molar refractivity (Wildman–Crippen MR) is 51.5 cm³/mol. The second-order valence-electron chi connectivity index (χ2n) is 3.71. The highest BCUT2D eigenvalue weighted by Gasteiger charge is 2.23. The standard InChI is InChI=1S/C11H12FNO/c1-7-2-3-8(4-10(7)12)9-5-11(14)13-6-9/h2-4,9H,5-6H2,1H3,(H,13,14)/t9-/m0/s1. The summed E-state index contributed by atoms with van der Waals surface area (Å²) in [6, 6.07) is 5.18. The Bertz CT molecular complexity index is 376. The molecule has 1 aromatic rings. The highest BCUT2D eigenvalue weighted by atomic mass is 19.1. The maximum absolute atomic E-state index is 13.2. The number of amides is 1. The second-order valence-corrected chi connectivity index (χ2v) is 3.71. The molecule has 0 unspecified atom stereocenters. The molecule has 1 atom stereocenters. The van der Waals surface area contributed by atoms with Crippen LogP contribution in [0.25, 0.3) is 0 Å². The van der Waals surface area contributed by atoms with E-state index in [9.17, 15) is 9.18 Å². The SMILES string of the molecule is Cc1ccc([C@@H]2CNC(=O)C2)cc1F. The minimum atomic E-state index is -0.193. The summed E-state index contributed by atoms with van der Waals surface area (Å²) in [5, 5.41) is 2.74. The number of benzene rings is 1. The molecule has 3 heteroatoms. The first-order chi connectivity index (χ1) is 6.66. The highest BCUT2D eigenvalue weighted by molar-refractivity contribution is 5.79. The van der Waals surface area contributed by atoms with Crippen molar-refractivity contribution in [2.24, 2.45) is 0 Å². The Hall–Kier alpha value is -1.38. The summed E-state index contributed by atoms with van der Waals surface area (Å²) < 4.78 is 13.2. The van der Waals surface area contributed by atoms with Crippen LogP contribution in [0.1, 0.15) is 23.5 Å². The van der Waals surface area contributed by atoms with Crippen LogP contribution in [0.15, 0.2) is 18.2 Å². The van der Waals surface area contributed by atoms with E-state index in [0.29, 0.717) is 18.5 Å². The van der Waals surface area contributed by atoms with Gasteiger partial charge < -0.3 is 5.32 Å². The van der Waals surface area contributed by atoms with Crippen molar-refractivity contribution >= 4 is 5.91 Å². The Morgan fingerprint density at radius 2 is 2.29 bits per heavy atom. The van der Waals surface area contributed by atoms with Gasteiger partial charge in [0, 0.05) is 18.9 Å². The van der Waals surface area contributed by atoms with Gasteiger partial charge in [-0.1, -0.05) is 12.1 Å². The molecule has 1 N–H and O–H groups in total. The monoisotopic (exact) mass is 193 g/mol. The van der Waals surface area contributed by atoms with Gasteiger partial charge in [-0.25, -0.2) is 4.39 Å². The lowest BCUT2D eigenvalue weighted by molar-refractivity contribution is -0.119. The minimum Gasteiger partial charge on any atom is -0.355 e. The molecular weight excluding hydrogens is 181 g/mol. The number of hydrogen-bond donors (Lipinski definition) is 1. The molecule has 2 rings (SSSR count). The van der Waals surface area contributed by atoms with Gasteiger partial charge in [-0.05, 0) is 24.1 Å². The minimum absolute atomic E-state index is 0.0518. The summed E-state index contributed by atoms with van der Waals surface area (Å²) in [6.45, 7) is 2.36. The van der Waals surface area contributed by atoms with Crippen LogP contribution in [0.3, 0.4) is 0 Å². The Kier molecular flexibility index (Phi) is 2.23. The van der Waals surface area contributed by atoms with Crippen LogP contribution >= 0.6 is 0 Å². The van der Waals surface area contributed by atoms with Gasteiger partial charge in [-0.2, -0.15) is 0 Å². The molecule has 0 aliphatic carbocycles. The average molecular weight is 193 g/mol. The number of hydrogen-bond acceptors (Lipinski definition) is 1. The van der Waals surface area contributed by atoms with E-state index in [-0.39, 0.29) is 17.6 Å². The molecule has 1 heterocycles. The molecule has 0 spiro atoms. The fourth-order valence-electron chi connectivity index (χ4n) is 1.70. The van der Waals surface area contributed by atoms with Crippen LogP contribution < -0.4 is 5.32 Å². The topological polar surface area (TPSA) is 29.1 Å². The molecule has 1 aliphatic rings. The van der Waals surface area contributed by atoms with Crippen LogP contribution in [0.4, 0.5) is 4.39 Å². The molecule has 1 saturated heterocycles. The number of rotatable bonds is 1. The summed E-state index contributed by atoms with van der Waals surface area (Å²) in [5.74, 6) is -0.00423. The molecule has 1 aromatic carbocycles. The zero-order valence-electron chi connectivity index (χ0n) is 8.01. The van der Waals surface area contributed by atoms with Crippen molar-refractivity contribution in [1.29, 1.82) is 0 Å². The first-order valence-electron chi connectivity index (χ1n) is 4.69. The first-order valence-corrected chi connectivity index (χ1v) is 4.69. The molecular formula is C11H12FNO. The van der Waals surface area contributed by atoms with Gasteiger partial charge in [0.05, 0.1) is 0 Å². The molecule has 0 bridgehead atoms. The van der Waals surface area contributed by atoms with Gasteiger partial charge in [0.1, 0.15) is 5.82 Å². The quantitative estimate of drug-likeness (QED) is 0.723. The van der Waals surface area contributed by atoms with Crippen molar-refractivity contribution in [3.63, 3.8) is 0 Å². The Balaban J connectivity index is 2.24. The van der Waals surface area contributed by atoms with E-state index in [1.807, 2.05) is 6.07 Å². The molecule has 2 nitrogen and oxygen atoms in total. The Morgan fingerprint density at radius 3 is 2.86 bits per heavy atom. The molecule has 0 aromatic heterocycles. The van der Waals surface area contributed by atoms with Gasteiger partial charge in [0.2, 0.25) is 5.91 Å². The van der Waals surface area contributed by atoms with Crippen LogP contribution in [0.5, 0.6) is 0 Å². The fraction of sp³-hybridized carbons (Fsp3) is 0.364. The molecule has 1 amide bonds. The zero-order chi connectivity index (χ0) is 10.1. The highest BCUT2D eigenvalue weighted by Crippen LogP contribution is 2.24. The van der Waals surface area contributed by atoms with E-state index in [1.54, 1.807) is 13.0 Å². The number of carbonyl (C=O) groups is 1. The van der Waals surface area contributed by atoms with Crippen molar-refractivity contribution < 1.29 is 9.18 Å². The lowest BCUT2D eigenvalue weighted by Gasteiger charge is -2.08. The van der Waals surface area contributed by atoms with E-state index < -0.39 is 0 Å². The normalized spacial score (nSPS) is 21.0. The summed E-state index contributed by atoms with van der Waals surface area (Å²) in [5.41, 5.74) is 1.55. The lowest BCUT2D eigenvalue weighted by Crippen LogP contribution is -2.13.